The molecule has 4 heterocycles. The van der Waals surface area contributed by atoms with Crippen molar-refractivity contribution in [2.45, 2.75) is 63.3 Å². The summed E-state index contributed by atoms with van der Waals surface area (Å²) < 4.78 is 21.7. The van der Waals surface area contributed by atoms with Gasteiger partial charge in [-0.25, -0.2) is 15.0 Å². The van der Waals surface area contributed by atoms with Crippen LogP contribution in [0.3, 0.4) is 0 Å². The lowest BCUT2D eigenvalue weighted by Gasteiger charge is -2.48. The van der Waals surface area contributed by atoms with Gasteiger partial charge in [0.25, 0.3) is 0 Å². The summed E-state index contributed by atoms with van der Waals surface area (Å²) in [5, 5.41) is 2.55. The monoisotopic (exact) mass is 546 g/mol. The van der Waals surface area contributed by atoms with Gasteiger partial charge < -0.3 is 23.7 Å². The fourth-order valence-electron chi connectivity index (χ4n) is 6.62. The maximum absolute atomic E-state index is 6.55. The van der Waals surface area contributed by atoms with Crippen LogP contribution in [0.15, 0.2) is 54.0 Å². The molecule has 0 bridgehead atoms. The summed E-state index contributed by atoms with van der Waals surface area (Å²) in [6.45, 7) is 4.00. The topological polar surface area (TPSA) is 86.9 Å². The first-order chi connectivity index (χ1) is 18.7. The van der Waals surface area contributed by atoms with Crippen molar-refractivity contribution < 1.29 is 14.2 Å². The third-order valence-corrected chi connectivity index (χ3v) is 8.38. The van der Waals surface area contributed by atoms with Crippen LogP contribution in [0, 0.1) is 5.41 Å². The second-order valence-electron chi connectivity index (χ2n) is 11.7. The van der Waals surface area contributed by atoms with Gasteiger partial charge >= 0.3 is 0 Å². The number of aromatic nitrogens is 4. The Morgan fingerprint density at radius 2 is 1.95 bits per heavy atom. The van der Waals surface area contributed by atoms with Crippen LogP contribution >= 0.6 is 11.6 Å². The Kier molecular flexibility index (Phi) is 5.63. The van der Waals surface area contributed by atoms with Crippen molar-refractivity contribution in [1.82, 2.24) is 24.4 Å². The number of aliphatic imine (C=N–C) groups is 1. The minimum Gasteiger partial charge on any atom is -0.490 e. The maximum Gasteiger partial charge on any atom is 0.166 e. The Balaban J connectivity index is 1.15. The highest BCUT2D eigenvalue weighted by molar-refractivity contribution is 6.31. The van der Waals surface area contributed by atoms with Gasteiger partial charge in [0.05, 0.1) is 40.5 Å². The van der Waals surface area contributed by atoms with E-state index in [9.17, 15) is 0 Å². The third kappa shape index (κ3) is 4.23. The van der Waals surface area contributed by atoms with Crippen LogP contribution in [0.25, 0.3) is 21.9 Å². The van der Waals surface area contributed by atoms with Gasteiger partial charge in [0.15, 0.2) is 11.6 Å². The highest BCUT2D eigenvalue weighted by Crippen LogP contribution is 2.62. The second kappa shape index (κ2) is 8.87. The van der Waals surface area contributed by atoms with Gasteiger partial charge in [-0.1, -0.05) is 11.6 Å². The first-order valence-corrected chi connectivity index (χ1v) is 13.7. The molecule has 202 valence electrons. The predicted molar refractivity (Wildman–Crippen MR) is 150 cm³/mol. The van der Waals surface area contributed by atoms with E-state index in [1.807, 2.05) is 63.2 Å². The molecule has 3 fully saturated rings. The molecule has 1 spiro atoms. The molecule has 2 aliphatic carbocycles. The number of hydrogen-bond acceptors (Lipinski definition) is 7. The molecule has 39 heavy (non-hydrogen) atoms. The second-order valence-corrected chi connectivity index (χ2v) is 12.1. The van der Waals surface area contributed by atoms with E-state index >= 15 is 0 Å². The van der Waals surface area contributed by atoms with Crippen LogP contribution in [0.5, 0.6) is 5.75 Å². The molecule has 2 saturated carbocycles. The first kappa shape index (κ1) is 24.7. The van der Waals surface area contributed by atoms with E-state index in [4.69, 9.17) is 25.8 Å². The number of pyridine rings is 1. The van der Waals surface area contributed by atoms with Crippen molar-refractivity contribution in [2.24, 2.45) is 10.4 Å². The van der Waals surface area contributed by atoms with Crippen LogP contribution in [-0.2, 0) is 9.47 Å². The van der Waals surface area contributed by atoms with E-state index in [-0.39, 0.29) is 29.8 Å². The van der Waals surface area contributed by atoms with Crippen molar-refractivity contribution in [3.05, 3.63) is 54.1 Å². The Hall–Kier alpha value is -3.27. The smallest absolute Gasteiger partial charge is 0.166 e. The molecule has 1 saturated heterocycles. The number of hydrogen-bond donors (Lipinski definition) is 0. The standard InChI is InChI=1S/C29H31ClN6O3/c1-28(2)38-24-23(36-8-7-21-26(34-16-35(3)4)32-15-33-27(21)36)13-29(25(24)39-28)11-20(12-29)37-19-6-5-17-9-18(30)14-31-22(17)10-19/h5-10,14-16,20,23-25H,11-13H2,1-4H3/t20?,23-,24+,25+,29?/m1/s1. The van der Waals surface area contributed by atoms with E-state index in [1.165, 1.54) is 0 Å². The summed E-state index contributed by atoms with van der Waals surface area (Å²) >= 11 is 6.09. The Morgan fingerprint density at radius 3 is 2.77 bits per heavy atom. The zero-order chi connectivity index (χ0) is 26.9. The fourth-order valence-corrected chi connectivity index (χ4v) is 6.78. The molecule has 0 N–H and O–H groups in total. The lowest BCUT2D eigenvalue weighted by atomic mass is 9.64. The van der Waals surface area contributed by atoms with Crippen LogP contribution in [0.2, 0.25) is 5.02 Å². The third-order valence-electron chi connectivity index (χ3n) is 8.18. The predicted octanol–water partition coefficient (Wildman–Crippen LogP) is 5.55. The molecule has 3 aromatic heterocycles. The summed E-state index contributed by atoms with van der Waals surface area (Å²) in [5.74, 6) is 0.841. The summed E-state index contributed by atoms with van der Waals surface area (Å²) in [4.78, 5) is 19.9. The molecule has 9 nitrogen and oxygen atoms in total. The van der Waals surface area contributed by atoms with E-state index in [1.54, 1.807) is 18.9 Å². The van der Waals surface area contributed by atoms with Crippen molar-refractivity contribution in [3.63, 3.8) is 0 Å². The van der Waals surface area contributed by atoms with E-state index in [2.05, 4.69) is 30.7 Å². The average Bonchev–Trinajstić information content (AvgIpc) is 3.52. The van der Waals surface area contributed by atoms with Crippen LogP contribution in [0.4, 0.5) is 5.82 Å². The number of nitrogens with zero attached hydrogens (tertiary/aromatic N) is 6. The Morgan fingerprint density at radius 1 is 1.10 bits per heavy atom. The van der Waals surface area contributed by atoms with Gasteiger partial charge in [0.2, 0.25) is 0 Å². The molecular weight excluding hydrogens is 516 g/mol. The molecule has 0 radical (unpaired) electrons. The first-order valence-electron chi connectivity index (χ1n) is 13.3. The Bertz CT molecular complexity index is 1590. The lowest BCUT2D eigenvalue weighted by molar-refractivity contribution is -0.185. The quantitative estimate of drug-likeness (QED) is 0.240. The molecule has 1 aromatic carbocycles. The molecule has 7 rings (SSSR count). The number of benzene rings is 1. The fraction of sp³-hybridized carbons (Fsp3) is 0.448. The molecule has 4 aromatic rings. The van der Waals surface area contributed by atoms with E-state index in [0.717, 1.165) is 46.9 Å². The SMILES string of the molecule is CN(C)C=Nc1ncnc2c1ccn2[C@@H]1CC2(CC(Oc3ccc4cc(Cl)cnc4c3)C2)[C@H]2OC(C)(C)O[C@@H]12. The van der Waals surface area contributed by atoms with E-state index in [0.29, 0.717) is 10.8 Å². The highest BCUT2D eigenvalue weighted by atomic mass is 35.5. The van der Waals surface area contributed by atoms with Gasteiger partial charge in [-0.05, 0) is 57.4 Å². The zero-order valence-electron chi connectivity index (χ0n) is 22.4. The number of fused-ring (bicyclic) bond motifs is 4. The molecule has 10 heteroatoms. The summed E-state index contributed by atoms with van der Waals surface area (Å²) in [6.07, 6.45) is 9.85. The summed E-state index contributed by atoms with van der Waals surface area (Å²) in [7, 11) is 3.87. The van der Waals surface area contributed by atoms with Gasteiger partial charge in [0, 0.05) is 43.4 Å². The van der Waals surface area contributed by atoms with Crippen LogP contribution in [0.1, 0.15) is 39.2 Å². The van der Waals surface area contributed by atoms with Crippen molar-refractivity contribution in [2.75, 3.05) is 14.1 Å². The molecule has 3 atom stereocenters. The molecular formula is C29H31ClN6O3. The minimum absolute atomic E-state index is 0.0109. The van der Waals surface area contributed by atoms with Crippen molar-refractivity contribution >= 4 is 45.7 Å². The van der Waals surface area contributed by atoms with Crippen molar-refractivity contribution in [1.29, 1.82) is 0 Å². The van der Waals surface area contributed by atoms with Gasteiger partial charge in [-0.15, -0.1) is 0 Å². The number of halogens is 1. The normalized spacial score (nSPS) is 29.4. The zero-order valence-corrected chi connectivity index (χ0v) is 23.2. The summed E-state index contributed by atoms with van der Waals surface area (Å²) in [5.41, 5.74) is 1.71. The average molecular weight is 547 g/mol. The van der Waals surface area contributed by atoms with Crippen molar-refractivity contribution in [3.8, 4) is 5.75 Å². The maximum atomic E-state index is 6.55. The summed E-state index contributed by atoms with van der Waals surface area (Å²) in [6, 6.07) is 10.0. The molecule has 3 aliphatic rings. The van der Waals surface area contributed by atoms with Gasteiger partial charge in [0.1, 0.15) is 23.8 Å². The van der Waals surface area contributed by atoms with Gasteiger partial charge in [-0.3, -0.25) is 4.98 Å². The van der Waals surface area contributed by atoms with Crippen LogP contribution < -0.4 is 4.74 Å². The highest BCUT2D eigenvalue weighted by Gasteiger charge is 2.66. The molecule has 0 amide bonds. The largest absolute Gasteiger partial charge is 0.490 e. The number of ether oxygens (including phenoxy) is 3. The van der Waals surface area contributed by atoms with E-state index < -0.39 is 5.79 Å². The minimum atomic E-state index is -0.642. The lowest BCUT2D eigenvalue weighted by Crippen LogP contribution is -2.50. The molecule has 0 unspecified atom stereocenters. The Labute approximate surface area is 231 Å². The molecule has 1 aliphatic heterocycles. The van der Waals surface area contributed by atoms with Crippen LogP contribution in [-0.4, -0.2) is 69.0 Å². The van der Waals surface area contributed by atoms with Gasteiger partial charge in [-0.2, -0.15) is 0 Å². The number of rotatable bonds is 5.